The zero-order chi connectivity index (χ0) is 34.3. The van der Waals surface area contributed by atoms with Crippen molar-refractivity contribution in [2.75, 3.05) is 6.54 Å². The summed E-state index contributed by atoms with van der Waals surface area (Å²) in [7, 11) is 0. The van der Waals surface area contributed by atoms with Crippen molar-refractivity contribution in [2.45, 2.75) is 188 Å². The molecular formula is C36H77NO4. The van der Waals surface area contributed by atoms with Gasteiger partial charge in [-0.2, -0.15) is 0 Å². The molecule has 0 rings (SSSR count). The summed E-state index contributed by atoms with van der Waals surface area (Å²) in [5, 5.41) is 3.46. The first-order chi connectivity index (χ1) is 17.5. The van der Waals surface area contributed by atoms with Crippen LogP contribution in [-0.4, -0.2) is 35.2 Å². The first-order valence-electron chi connectivity index (χ1n) is 15.7. The molecule has 0 radical (unpaired) electrons. The van der Waals surface area contributed by atoms with E-state index >= 15 is 0 Å². The normalized spacial score (nSPS) is 12.8. The Labute approximate surface area is 259 Å². The summed E-state index contributed by atoms with van der Waals surface area (Å²) in [5.74, 6) is 1.00. The minimum atomic E-state index is -0.359. The third kappa shape index (κ3) is 59.2. The van der Waals surface area contributed by atoms with E-state index in [4.69, 9.17) is 9.47 Å². The van der Waals surface area contributed by atoms with Crippen LogP contribution >= 0.6 is 0 Å². The number of rotatable bonds is 5. The smallest absolute Gasteiger partial charge is 0.306 e. The van der Waals surface area contributed by atoms with E-state index in [0.717, 1.165) is 12.5 Å². The maximum absolute atomic E-state index is 11.3. The lowest BCUT2D eigenvalue weighted by molar-refractivity contribution is -0.157. The summed E-state index contributed by atoms with van der Waals surface area (Å²) in [5.41, 5.74) is 0.491. The monoisotopic (exact) mass is 588 g/mol. The maximum Gasteiger partial charge on any atom is 0.306 e. The average molecular weight is 588 g/mol. The Balaban J connectivity index is -0.000000225. The number of ether oxygens (including phenoxy) is 2. The van der Waals surface area contributed by atoms with Crippen molar-refractivity contribution in [3.8, 4) is 0 Å². The van der Waals surface area contributed by atoms with Crippen LogP contribution in [0.1, 0.15) is 172 Å². The first kappa shape index (κ1) is 46.8. The lowest BCUT2D eigenvalue weighted by Gasteiger charge is -2.27. The van der Waals surface area contributed by atoms with E-state index in [1.807, 2.05) is 76.2 Å². The summed E-state index contributed by atoms with van der Waals surface area (Å²) >= 11 is 0. The van der Waals surface area contributed by atoms with Gasteiger partial charge in [0, 0.05) is 18.5 Å². The molecule has 0 aliphatic rings. The summed E-state index contributed by atoms with van der Waals surface area (Å²) in [4.78, 5) is 22.3. The van der Waals surface area contributed by atoms with Crippen molar-refractivity contribution < 1.29 is 19.1 Å². The predicted octanol–water partition coefficient (Wildman–Crippen LogP) is 10.6. The van der Waals surface area contributed by atoms with E-state index in [1.54, 1.807) is 0 Å². The van der Waals surface area contributed by atoms with Crippen molar-refractivity contribution in [2.24, 2.45) is 28.1 Å². The molecule has 0 atom stereocenters. The van der Waals surface area contributed by atoms with Crippen LogP contribution in [0.25, 0.3) is 0 Å². The van der Waals surface area contributed by atoms with E-state index in [9.17, 15) is 9.59 Å². The second-order valence-corrected chi connectivity index (χ2v) is 18.8. The zero-order valence-corrected chi connectivity index (χ0v) is 32.1. The van der Waals surface area contributed by atoms with Gasteiger partial charge in [0.1, 0.15) is 11.2 Å². The summed E-state index contributed by atoms with van der Waals surface area (Å²) < 4.78 is 10.3. The van der Waals surface area contributed by atoms with Crippen LogP contribution in [0, 0.1) is 28.1 Å². The molecule has 0 aromatic carbocycles. The SMILES string of the molecule is CC(C)(C)CC(=O)OC(C)(C)C.CC(C)(C)CNC(C)(C)C.CC(C)CC(=O)OC(C)(C)C.CC(C)CC(C)(C)C. The van der Waals surface area contributed by atoms with Gasteiger partial charge in [0.25, 0.3) is 0 Å². The number of hydrogen-bond donors (Lipinski definition) is 1. The van der Waals surface area contributed by atoms with Crippen LogP contribution in [0.15, 0.2) is 0 Å². The van der Waals surface area contributed by atoms with Gasteiger partial charge < -0.3 is 14.8 Å². The third-order valence-corrected chi connectivity index (χ3v) is 4.26. The standard InChI is InChI=1S/C10H20O2.C9H21N.C9H18O2.C8H18/c1-9(2,3)7-8(11)12-10(4,5)6;1-8(2,3)7-10-9(4,5)6;1-7(2)6-8(10)11-9(3,4)5;1-7(2)6-8(3,4)5/h7H2,1-6H3;10H,7H2,1-6H3;7H,6H2,1-5H3;7H,6H2,1-5H3. The van der Waals surface area contributed by atoms with Crippen molar-refractivity contribution in [3.05, 3.63) is 0 Å². The molecule has 1 N–H and O–H groups in total. The summed E-state index contributed by atoms with van der Waals surface area (Å²) in [6.07, 6.45) is 2.31. The molecule has 0 fully saturated rings. The Morgan fingerprint density at radius 3 is 1.07 bits per heavy atom. The Kier molecular flexibility index (Phi) is 22.0. The van der Waals surface area contributed by atoms with Crippen LogP contribution in [0.2, 0.25) is 0 Å². The second-order valence-electron chi connectivity index (χ2n) is 18.8. The van der Waals surface area contributed by atoms with Crippen molar-refractivity contribution in [3.63, 3.8) is 0 Å². The fraction of sp³-hybridized carbons (Fsp3) is 0.944. The lowest BCUT2D eigenvalue weighted by atomic mass is 9.86. The van der Waals surface area contributed by atoms with Gasteiger partial charge in [-0.25, -0.2) is 0 Å². The largest absolute Gasteiger partial charge is 0.460 e. The molecule has 0 aromatic heterocycles. The molecule has 0 heterocycles. The molecule has 0 aliphatic carbocycles. The van der Waals surface area contributed by atoms with Gasteiger partial charge in [-0.05, 0) is 96.8 Å². The summed E-state index contributed by atoms with van der Waals surface area (Å²) in [6, 6.07) is 0. The van der Waals surface area contributed by atoms with Crippen LogP contribution < -0.4 is 5.32 Å². The molecule has 250 valence electrons. The van der Waals surface area contributed by atoms with Crippen molar-refractivity contribution in [1.29, 1.82) is 0 Å². The number of carbonyl (C=O) groups excluding carboxylic acids is 2. The van der Waals surface area contributed by atoms with E-state index < -0.39 is 0 Å². The molecule has 0 aliphatic heterocycles. The molecular weight excluding hydrogens is 510 g/mol. The number of nitrogens with one attached hydrogen (secondary N) is 1. The molecule has 0 saturated heterocycles. The number of esters is 2. The fourth-order valence-electron chi connectivity index (χ4n) is 3.28. The van der Waals surface area contributed by atoms with Gasteiger partial charge in [0.15, 0.2) is 0 Å². The fourth-order valence-corrected chi connectivity index (χ4v) is 3.28. The number of hydrogen-bond acceptors (Lipinski definition) is 5. The number of carbonyl (C=O) groups is 2. The van der Waals surface area contributed by atoms with E-state index in [2.05, 4.69) is 81.5 Å². The third-order valence-electron chi connectivity index (χ3n) is 4.26. The van der Waals surface area contributed by atoms with E-state index in [-0.39, 0.29) is 34.1 Å². The Morgan fingerprint density at radius 1 is 0.537 bits per heavy atom. The van der Waals surface area contributed by atoms with Gasteiger partial charge in [-0.3, -0.25) is 9.59 Å². The van der Waals surface area contributed by atoms with E-state index in [1.165, 1.54) is 6.42 Å². The second kappa shape index (κ2) is 19.2. The van der Waals surface area contributed by atoms with Crippen LogP contribution in [-0.2, 0) is 19.1 Å². The lowest BCUT2D eigenvalue weighted by Crippen LogP contribution is -2.40. The molecule has 0 spiro atoms. The molecule has 5 heteroatoms. The Morgan fingerprint density at radius 2 is 0.902 bits per heavy atom. The highest BCUT2D eigenvalue weighted by Gasteiger charge is 2.22. The molecule has 41 heavy (non-hydrogen) atoms. The zero-order valence-electron chi connectivity index (χ0n) is 32.1. The molecule has 0 saturated carbocycles. The Bertz CT molecular complexity index is 648. The molecule has 5 nitrogen and oxygen atoms in total. The minimum Gasteiger partial charge on any atom is -0.460 e. The van der Waals surface area contributed by atoms with Crippen LogP contribution in [0.4, 0.5) is 0 Å². The quantitative estimate of drug-likeness (QED) is 0.324. The molecule has 0 amide bonds. The van der Waals surface area contributed by atoms with Gasteiger partial charge in [0.2, 0.25) is 0 Å². The first-order valence-corrected chi connectivity index (χ1v) is 15.7. The van der Waals surface area contributed by atoms with Gasteiger partial charge in [-0.15, -0.1) is 0 Å². The highest BCUT2D eigenvalue weighted by Crippen LogP contribution is 2.23. The summed E-state index contributed by atoms with van der Waals surface area (Å²) in [6.45, 7) is 47.1. The van der Waals surface area contributed by atoms with E-state index in [0.29, 0.717) is 29.6 Å². The molecule has 0 aromatic rings. The van der Waals surface area contributed by atoms with Crippen LogP contribution in [0.5, 0.6) is 0 Å². The molecule has 0 unspecified atom stereocenters. The van der Waals surface area contributed by atoms with Crippen molar-refractivity contribution >= 4 is 11.9 Å². The van der Waals surface area contributed by atoms with Gasteiger partial charge >= 0.3 is 11.9 Å². The van der Waals surface area contributed by atoms with Gasteiger partial charge in [0.05, 0.1) is 6.42 Å². The average Bonchev–Trinajstić information content (AvgIpc) is 2.52. The predicted molar refractivity (Wildman–Crippen MR) is 181 cm³/mol. The van der Waals surface area contributed by atoms with Crippen LogP contribution in [0.3, 0.4) is 0 Å². The maximum atomic E-state index is 11.3. The Hall–Kier alpha value is -1.10. The molecule has 0 bridgehead atoms. The highest BCUT2D eigenvalue weighted by atomic mass is 16.6. The van der Waals surface area contributed by atoms with Crippen molar-refractivity contribution in [1.82, 2.24) is 5.32 Å². The minimum absolute atomic E-state index is 0.0162. The highest BCUT2D eigenvalue weighted by molar-refractivity contribution is 5.70. The van der Waals surface area contributed by atoms with Gasteiger partial charge in [-0.1, -0.05) is 90.0 Å². The topological polar surface area (TPSA) is 64.6 Å².